The van der Waals surface area contributed by atoms with Crippen molar-refractivity contribution >= 4 is 23.5 Å². The molecule has 108 valence electrons. The van der Waals surface area contributed by atoms with Crippen molar-refractivity contribution in [3.8, 4) is 0 Å². The number of halogens is 1. The number of nitrogens with zero attached hydrogens (tertiary/aromatic N) is 2. The van der Waals surface area contributed by atoms with E-state index in [0.717, 1.165) is 32.7 Å². The molecule has 2 saturated heterocycles. The van der Waals surface area contributed by atoms with Gasteiger partial charge in [-0.1, -0.05) is 0 Å². The van der Waals surface area contributed by atoms with Crippen molar-refractivity contribution in [1.29, 1.82) is 0 Å². The van der Waals surface area contributed by atoms with Crippen molar-refractivity contribution in [1.82, 2.24) is 15.1 Å². The lowest BCUT2D eigenvalue weighted by Gasteiger charge is -2.32. The molecular formula is C12H20ClN3O3. The number of morpholine rings is 1. The second kappa shape index (κ2) is 6.54. The molecular weight excluding hydrogens is 270 g/mol. The summed E-state index contributed by atoms with van der Waals surface area (Å²) in [4.78, 5) is 27.3. The van der Waals surface area contributed by atoms with Crippen molar-refractivity contribution in [2.24, 2.45) is 0 Å². The van der Waals surface area contributed by atoms with Crippen LogP contribution in [0.5, 0.6) is 0 Å². The van der Waals surface area contributed by atoms with Crippen LogP contribution in [0.1, 0.15) is 13.3 Å². The molecule has 0 aromatic carbocycles. The van der Waals surface area contributed by atoms with Gasteiger partial charge in [0.2, 0.25) is 5.91 Å². The van der Waals surface area contributed by atoms with Crippen LogP contribution in [0.25, 0.3) is 0 Å². The summed E-state index contributed by atoms with van der Waals surface area (Å²) in [6.07, 6.45) is 0.942. The normalized spacial score (nSPS) is 26.2. The number of carbonyl (C=O) groups excluding carboxylic acids is 2. The Morgan fingerprint density at radius 3 is 2.63 bits per heavy atom. The number of likely N-dealkylation sites (tertiary alicyclic amines) is 1. The van der Waals surface area contributed by atoms with Gasteiger partial charge in [0.05, 0.1) is 13.2 Å². The Kier molecular flexibility index (Phi) is 5.01. The fourth-order valence-electron chi connectivity index (χ4n) is 2.45. The van der Waals surface area contributed by atoms with Crippen LogP contribution in [-0.4, -0.2) is 72.5 Å². The fraction of sp³-hybridized carbons (Fsp3) is 0.833. The molecule has 2 aliphatic rings. The maximum atomic E-state index is 11.9. The molecule has 0 spiro atoms. The second-order valence-corrected chi connectivity index (χ2v) is 5.60. The van der Waals surface area contributed by atoms with Crippen LogP contribution >= 0.6 is 11.6 Å². The number of rotatable bonds is 2. The highest BCUT2D eigenvalue weighted by molar-refractivity contribution is 6.31. The van der Waals surface area contributed by atoms with Crippen LogP contribution in [0.3, 0.4) is 0 Å². The van der Waals surface area contributed by atoms with E-state index < -0.39 is 11.3 Å². The molecule has 2 rings (SSSR count). The van der Waals surface area contributed by atoms with Gasteiger partial charge in [-0.3, -0.25) is 15.0 Å². The molecule has 2 heterocycles. The SMILES string of the molecule is CC(Cl)C(=O)NC(=O)N1CCC(N2CCOCC2)C1. The Balaban J connectivity index is 1.80. The highest BCUT2D eigenvalue weighted by Gasteiger charge is 2.31. The lowest BCUT2D eigenvalue weighted by molar-refractivity contribution is -0.119. The number of ether oxygens (including phenoxy) is 1. The van der Waals surface area contributed by atoms with E-state index in [1.54, 1.807) is 11.8 Å². The highest BCUT2D eigenvalue weighted by atomic mass is 35.5. The Morgan fingerprint density at radius 2 is 2.00 bits per heavy atom. The van der Waals surface area contributed by atoms with Gasteiger partial charge in [-0.15, -0.1) is 11.6 Å². The first kappa shape index (κ1) is 14.6. The lowest BCUT2D eigenvalue weighted by Crippen LogP contribution is -2.47. The zero-order valence-electron chi connectivity index (χ0n) is 11.1. The van der Waals surface area contributed by atoms with Gasteiger partial charge >= 0.3 is 6.03 Å². The Labute approximate surface area is 118 Å². The van der Waals surface area contributed by atoms with Crippen molar-refractivity contribution in [2.45, 2.75) is 24.8 Å². The van der Waals surface area contributed by atoms with Crippen LogP contribution in [0.2, 0.25) is 0 Å². The molecule has 0 saturated carbocycles. The summed E-state index contributed by atoms with van der Waals surface area (Å²) in [5.41, 5.74) is 0. The number of imide groups is 1. The van der Waals surface area contributed by atoms with Gasteiger partial charge in [0.25, 0.3) is 0 Å². The van der Waals surface area contributed by atoms with Crippen LogP contribution in [0.15, 0.2) is 0 Å². The van der Waals surface area contributed by atoms with Gasteiger partial charge in [-0.05, 0) is 13.3 Å². The van der Waals surface area contributed by atoms with Gasteiger partial charge in [0.15, 0.2) is 0 Å². The van der Waals surface area contributed by atoms with Crippen LogP contribution in [0, 0.1) is 0 Å². The van der Waals surface area contributed by atoms with E-state index in [1.165, 1.54) is 0 Å². The highest BCUT2D eigenvalue weighted by Crippen LogP contribution is 2.16. The van der Waals surface area contributed by atoms with Gasteiger partial charge < -0.3 is 9.64 Å². The smallest absolute Gasteiger partial charge is 0.324 e. The second-order valence-electron chi connectivity index (χ2n) is 4.95. The Hall–Kier alpha value is -0.850. The van der Waals surface area contributed by atoms with Gasteiger partial charge in [0.1, 0.15) is 5.38 Å². The maximum Gasteiger partial charge on any atom is 0.324 e. The first-order valence-corrected chi connectivity index (χ1v) is 7.07. The number of amides is 3. The van der Waals surface area contributed by atoms with E-state index in [9.17, 15) is 9.59 Å². The van der Waals surface area contributed by atoms with Gasteiger partial charge in [-0.2, -0.15) is 0 Å². The Morgan fingerprint density at radius 1 is 1.32 bits per heavy atom. The van der Waals surface area contributed by atoms with Gasteiger partial charge in [0, 0.05) is 32.2 Å². The summed E-state index contributed by atoms with van der Waals surface area (Å²) in [5, 5.41) is 1.62. The summed E-state index contributed by atoms with van der Waals surface area (Å²) < 4.78 is 5.32. The molecule has 19 heavy (non-hydrogen) atoms. The van der Waals surface area contributed by atoms with E-state index in [4.69, 9.17) is 16.3 Å². The third-order valence-corrected chi connectivity index (χ3v) is 3.80. The summed E-state index contributed by atoms with van der Waals surface area (Å²) in [7, 11) is 0. The summed E-state index contributed by atoms with van der Waals surface area (Å²) in [6.45, 7) is 6.23. The molecule has 6 nitrogen and oxygen atoms in total. The van der Waals surface area contributed by atoms with Gasteiger partial charge in [-0.25, -0.2) is 4.79 Å². The molecule has 0 bridgehead atoms. The van der Waals surface area contributed by atoms with E-state index >= 15 is 0 Å². The molecule has 0 aromatic heterocycles. The molecule has 1 N–H and O–H groups in total. The predicted molar refractivity (Wildman–Crippen MR) is 71.2 cm³/mol. The minimum atomic E-state index is -0.693. The quantitative estimate of drug-likeness (QED) is 0.741. The van der Waals surface area contributed by atoms with Crippen molar-refractivity contribution < 1.29 is 14.3 Å². The van der Waals surface area contributed by atoms with E-state index in [0.29, 0.717) is 19.1 Å². The molecule has 2 unspecified atom stereocenters. The minimum Gasteiger partial charge on any atom is -0.379 e. The van der Waals surface area contributed by atoms with E-state index in [2.05, 4.69) is 10.2 Å². The summed E-state index contributed by atoms with van der Waals surface area (Å²) >= 11 is 5.62. The third kappa shape index (κ3) is 3.81. The van der Waals surface area contributed by atoms with E-state index in [-0.39, 0.29) is 6.03 Å². The van der Waals surface area contributed by atoms with Crippen LogP contribution in [0.4, 0.5) is 4.79 Å². The van der Waals surface area contributed by atoms with Crippen LogP contribution in [-0.2, 0) is 9.53 Å². The first-order chi connectivity index (χ1) is 9.08. The zero-order valence-corrected chi connectivity index (χ0v) is 11.9. The number of carbonyl (C=O) groups is 2. The molecule has 3 amide bonds. The third-order valence-electron chi connectivity index (χ3n) is 3.60. The number of nitrogens with one attached hydrogen (secondary N) is 1. The largest absolute Gasteiger partial charge is 0.379 e. The average Bonchev–Trinajstić information content (AvgIpc) is 2.89. The average molecular weight is 290 g/mol. The van der Waals surface area contributed by atoms with E-state index in [1.807, 2.05) is 0 Å². The minimum absolute atomic E-state index is 0.340. The van der Waals surface area contributed by atoms with Crippen molar-refractivity contribution in [3.05, 3.63) is 0 Å². The predicted octanol–water partition coefficient (Wildman–Crippen LogP) is 0.256. The summed E-state index contributed by atoms with van der Waals surface area (Å²) in [6, 6.07) is 0.0337. The first-order valence-electron chi connectivity index (χ1n) is 6.63. The maximum absolute atomic E-state index is 11.9. The molecule has 2 aliphatic heterocycles. The number of urea groups is 1. The number of hydrogen-bond acceptors (Lipinski definition) is 4. The van der Waals surface area contributed by atoms with Crippen molar-refractivity contribution in [2.75, 3.05) is 39.4 Å². The number of alkyl halides is 1. The monoisotopic (exact) mass is 289 g/mol. The molecule has 0 aliphatic carbocycles. The van der Waals surface area contributed by atoms with Crippen molar-refractivity contribution in [3.63, 3.8) is 0 Å². The fourth-order valence-corrected chi connectivity index (χ4v) is 2.51. The summed E-state index contributed by atoms with van der Waals surface area (Å²) in [5.74, 6) is -0.443. The molecule has 0 aromatic rings. The lowest BCUT2D eigenvalue weighted by atomic mass is 10.2. The van der Waals surface area contributed by atoms with Crippen LogP contribution < -0.4 is 5.32 Å². The molecule has 2 atom stereocenters. The molecule has 7 heteroatoms. The molecule has 0 radical (unpaired) electrons. The zero-order chi connectivity index (χ0) is 13.8. The Bertz CT molecular complexity index is 345. The molecule has 2 fully saturated rings. The topological polar surface area (TPSA) is 61.9 Å². The number of hydrogen-bond donors (Lipinski definition) is 1. The standard InChI is InChI=1S/C12H20ClN3O3/c1-9(13)11(17)14-12(18)16-3-2-10(8-16)15-4-6-19-7-5-15/h9-10H,2-8H2,1H3,(H,14,17,18).